The maximum atomic E-state index is 12.2. The van der Waals surface area contributed by atoms with Crippen LogP contribution in [0.4, 0.5) is 0 Å². The van der Waals surface area contributed by atoms with Gasteiger partial charge < -0.3 is 10.6 Å². The van der Waals surface area contributed by atoms with Crippen LogP contribution in [0.15, 0.2) is 75.4 Å². The second kappa shape index (κ2) is 14.1. The van der Waals surface area contributed by atoms with E-state index in [1.54, 1.807) is 0 Å². The van der Waals surface area contributed by atoms with Crippen molar-refractivity contribution >= 4 is 52.5 Å². The topological polar surface area (TPSA) is 53.5 Å². The zero-order valence-corrected chi connectivity index (χ0v) is 18.9. The van der Waals surface area contributed by atoms with Crippen LogP contribution < -0.4 is 10.6 Å². The number of nitrogens with zero attached hydrogens (tertiary/aromatic N) is 1. The standard InChI is InChI=1S/C19H25N3OS2.HI/c1-2-20-19(21-13-15-24-17-9-5-3-6-10-17)22-14-16-25(23)18-11-7-4-8-12-18;/h3-12H,2,13-16H2,1H3,(H2,20,21,22);1H. The summed E-state index contributed by atoms with van der Waals surface area (Å²) in [7, 11) is -1.00. The Morgan fingerprint density at radius 3 is 2.35 bits per heavy atom. The summed E-state index contributed by atoms with van der Waals surface area (Å²) in [5, 5.41) is 6.55. The van der Waals surface area contributed by atoms with Gasteiger partial charge in [-0.05, 0) is 31.2 Å². The average Bonchev–Trinajstić information content (AvgIpc) is 2.66. The number of benzene rings is 2. The molecule has 2 aromatic rings. The van der Waals surface area contributed by atoms with Crippen molar-refractivity contribution in [3.63, 3.8) is 0 Å². The van der Waals surface area contributed by atoms with Gasteiger partial charge in [-0.25, -0.2) is 0 Å². The molecule has 26 heavy (non-hydrogen) atoms. The van der Waals surface area contributed by atoms with Gasteiger partial charge in [0, 0.05) is 34.4 Å². The van der Waals surface area contributed by atoms with Gasteiger partial charge in [-0.1, -0.05) is 36.4 Å². The number of hydrogen-bond donors (Lipinski definition) is 2. The lowest BCUT2D eigenvalue weighted by Gasteiger charge is -2.11. The minimum absolute atomic E-state index is 0. The highest BCUT2D eigenvalue weighted by Crippen LogP contribution is 2.15. The highest BCUT2D eigenvalue weighted by atomic mass is 127. The summed E-state index contributed by atoms with van der Waals surface area (Å²) in [5.41, 5.74) is 0. The lowest BCUT2D eigenvalue weighted by Crippen LogP contribution is -2.38. The molecule has 0 fully saturated rings. The summed E-state index contributed by atoms with van der Waals surface area (Å²) in [5.74, 6) is 2.27. The van der Waals surface area contributed by atoms with Gasteiger partial charge >= 0.3 is 0 Å². The van der Waals surface area contributed by atoms with E-state index in [1.165, 1.54) is 4.90 Å². The third-order valence-electron chi connectivity index (χ3n) is 3.30. The van der Waals surface area contributed by atoms with Gasteiger partial charge in [-0.3, -0.25) is 9.20 Å². The maximum absolute atomic E-state index is 12.2. The van der Waals surface area contributed by atoms with Crippen LogP contribution >= 0.6 is 35.7 Å². The van der Waals surface area contributed by atoms with Crippen LogP contribution in [0.3, 0.4) is 0 Å². The van der Waals surface area contributed by atoms with Crippen molar-refractivity contribution in [2.24, 2.45) is 4.99 Å². The average molecular weight is 503 g/mol. The fraction of sp³-hybridized carbons (Fsp3) is 0.316. The second-order valence-electron chi connectivity index (χ2n) is 5.21. The Morgan fingerprint density at radius 2 is 1.69 bits per heavy atom. The molecule has 0 radical (unpaired) electrons. The molecule has 0 amide bonds. The molecule has 142 valence electrons. The monoisotopic (exact) mass is 503 g/mol. The van der Waals surface area contributed by atoms with Crippen molar-refractivity contribution in [3.8, 4) is 0 Å². The predicted molar refractivity (Wildman–Crippen MR) is 124 cm³/mol. The minimum atomic E-state index is -1.00. The Balaban J connectivity index is 0.00000338. The number of halogens is 1. The van der Waals surface area contributed by atoms with Crippen LogP contribution in [-0.2, 0) is 10.8 Å². The number of aliphatic imine (C=N–C) groups is 1. The number of thioether (sulfide) groups is 1. The molecule has 0 spiro atoms. The molecule has 1 atom stereocenters. The van der Waals surface area contributed by atoms with Crippen molar-refractivity contribution in [1.29, 1.82) is 0 Å². The van der Waals surface area contributed by atoms with Crippen molar-refractivity contribution in [1.82, 2.24) is 10.6 Å². The molecule has 7 heteroatoms. The first-order valence-electron chi connectivity index (χ1n) is 8.43. The predicted octanol–water partition coefficient (Wildman–Crippen LogP) is 3.76. The van der Waals surface area contributed by atoms with E-state index in [2.05, 4.69) is 27.8 Å². The van der Waals surface area contributed by atoms with Crippen molar-refractivity contribution < 1.29 is 4.21 Å². The molecule has 0 bridgehead atoms. The molecular weight excluding hydrogens is 477 g/mol. The molecule has 0 aliphatic rings. The van der Waals surface area contributed by atoms with Gasteiger partial charge in [-0.2, -0.15) is 0 Å². The molecule has 0 aliphatic carbocycles. The first-order valence-corrected chi connectivity index (χ1v) is 10.7. The van der Waals surface area contributed by atoms with Gasteiger partial charge in [0.15, 0.2) is 5.96 Å². The summed E-state index contributed by atoms with van der Waals surface area (Å²) in [6.45, 7) is 4.20. The zero-order valence-electron chi connectivity index (χ0n) is 14.9. The van der Waals surface area contributed by atoms with Crippen LogP contribution in [0.25, 0.3) is 0 Å². The Bertz CT molecular complexity index is 669. The Kier molecular flexibility index (Phi) is 12.4. The number of hydrogen-bond acceptors (Lipinski definition) is 3. The van der Waals surface area contributed by atoms with Crippen LogP contribution in [0.1, 0.15) is 6.92 Å². The van der Waals surface area contributed by atoms with Crippen molar-refractivity contribution in [2.75, 3.05) is 31.1 Å². The van der Waals surface area contributed by atoms with Gasteiger partial charge in [0.2, 0.25) is 0 Å². The molecule has 4 nitrogen and oxygen atoms in total. The molecular formula is C19H26IN3OS2. The number of guanidine groups is 1. The first kappa shape index (κ1) is 23.0. The van der Waals surface area contributed by atoms with Crippen molar-refractivity contribution in [3.05, 3.63) is 60.7 Å². The smallest absolute Gasteiger partial charge is 0.191 e. The van der Waals surface area contributed by atoms with Crippen LogP contribution in [0, 0.1) is 0 Å². The molecule has 0 aromatic heterocycles. The highest BCUT2D eigenvalue weighted by molar-refractivity contribution is 14.0. The molecule has 0 saturated heterocycles. The van der Waals surface area contributed by atoms with Gasteiger partial charge in [0.05, 0.1) is 17.3 Å². The number of nitrogens with one attached hydrogen (secondary N) is 2. The second-order valence-corrected chi connectivity index (χ2v) is 7.95. The van der Waals surface area contributed by atoms with E-state index >= 15 is 0 Å². The molecule has 0 saturated carbocycles. The summed E-state index contributed by atoms with van der Waals surface area (Å²) < 4.78 is 12.2. The third kappa shape index (κ3) is 9.05. The minimum Gasteiger partial charge on any atom is -0.357 e. The van der Waals surface area contributed by atoms with Crippen molar-refractivity contribution in [2.45, 2.75) is 16.7 Å². The largest absolute Gasteiger partial charge is 0.357 e. The van der Waals surface area contributed by atoms with Crippen LogP contribution in [-0.4, -0.2) is 41.3 Å². The quantitative estimate of drug-likeness (QED) is 0.180. The molecule has 1 unspecified atom stereocenters. The fourth-order valence-electron chi connectivity index (χ4n) is 2.13. The Hall–Kier alpha value is -1.06. The van der Waals surface area contributed by atoms with Crippen LogP contribution in [0.5, 0.6) is 0 Å². The summed E-state index contributed by atoms with van der Waals surface area (Å²) in [4.78, 5) is 6.64. The number of rotatable bonds is 9. The Labute approximate surface area is 180 Å². The van der Waals surface area contributed by atoms with E-state index in [0.29, 0.717) is 12.3 Å². The summed E-state index contributed by atoms with van der Waals surface area (Å²) >= 11 is 1.81. The van der Waals surface area contributed by atoms with E-state index in [9.17, 15) is 4.21 Å². The normalized spacial score (nSPS) is 12.1. The summed E-state index contributed by atoms with van der Waals surface area (Å²) in [6.07, 6.45) is 0. The van der Waals surface area contributed by atoms with Crippen LogP contribution in [0.2, 0.25) is 0 Å². The van der Waals surface area contributed by atoms with Gasteiger partial charge in [-0.15, -0.1) is 35.7 Å². The third-order valence-corrected chi connectivity index (χ3v) is 5.67. The summed E-state index contributed by atoms with van der Waals surface area (Å²) in [6, 6.07) is 19.9. The molecule has 2 rings (SSSR count). The SMILES string of the molecule is CCNC(=NCCS(=O)c1ccccc1)NCCSc1ccccc1.I. The van der Waals surface area contributed by atoms with Gasteiger partial charge in [0.25, 0.3) is 0 Å². The first-order chi connectivity index (χ1) is 12.3. The zero-order chi connectivity index (χ0) is 17.7. The highest BCUT2D eigenvalue weighted by Gasteiger charge is 2.03. The molecule has 2 aromatic carbocycles. The lowest BCUT2D eigenvalue weighted by molar-refractivity contribution is 0.682. The van der Waals surface area contributed by atoms with E-state index in [1.807, 2.05) is 67.2 Å². The fourth-order valence-corrected chi connectivity index (χ4v) is 3.87. The van der Waals surface area contributed by atoms with E-state index in [-0.39, 0.29) is 24.0 Å². The van der Waals surface area contributed by atoms with E-state index in [4.69, 9.17) is 0 Å². The lowest BCUT2D eigenvalue weighted by atomic mass is 10.4. The molecule has 2 N–H and O–H groups in total. The molecule has 0 heterocycles. The molecule has 0 aliphatic heterocycles. The van der Waals surface area contributed by atoms with Gasteiger partial charge in [0.1, 0.15) is 0 Å². The Morgan fingerprint density at radius 1 is 1.04 bits per heavy atom. The van der Waals surface area contributed by atoms with E-state index in [0.717, 1.165) is 29.7 Å². The van der Waals surface area contributed by atoms with E-state index < -0.39 is 10.8 Å². The maximum Gasteiger partial charge on any atom is 0.191 e.